The maximum atomic E-state index is 12.6. The quantitative estimate of drug-likeness (QED) is 0.601. The van der Waals surface area contributed by atoms with Gasteiger partial charge >= 0.3 is 6.18 Å². The zero-order valence-corrected chi connectivity index (χ0v) is 14.4. The molecule has 0 aliphatic heterocycles. The molecule has 1 aliphatic carbocycles. The second-order valence-corrected chi connectivity index (χ2v) is 6.13. The summed E-state index contributed by atoms with van der Waals surface area (Å²) in [5, 5.41) is 0. The van der Waals surface area contributed by atoms with Gasteiger partial charge in [-0.2, -0.15) is 13.2 Å². The molecule has 0 spiro atoms. The molecule has 2 N–H and O–H groups in total. The number of nitrogens with zero attached hydrogens (tertiary/aromatic N) is 1. The zero-order valence-electron chi connectivity index (χ0n) is 14.4. The van der Waals surface area contributed by atoms with E-state index in [-0.39, 0.29) is 11.6 Å². The van der Waals surface area contributed by atoms with Gasteiger partial charge < -0.3 is 5.43 Å². The third-order valence-corrected chi connectivity index (χ3v) is 4.15. The summed E-state index contributed by atoms with van der Waals surface area (Å²) in [6.45, 7) is 0. The lowest BCUT2D eigenvalue weighted by molar-refractivity contribution is -0.137. The topological polar surface area (TPSA) is 54.0 Å². The molecule has 0 unspecified atom stereocenters. The number of carbonyl (C=O) groups excluding carboxylic acids is 1. The molecule has 0 atom stereocenters. The summed E-state index contributed by atoms with van der Waals surface area (Å²) in [7, 11) is 0. The number of hydrogen-bond acceptors (Lipinski definition) is 4. The van der Waals surface area contributed by atoms with Crippen LogP contribution in [0.5, 0.6) is 0 Å². The number of allylic oxidation sites excluding steroid dienone is 2. The van der Waals surface area contributed by atoms with E-state index in [1.165, 1.54) is 6.07 Å². The first kappa shape index (κ1) is 18.7. The van der Waals surface area contributed by atoms with Crippen molar-refractivity contribution in [3.8, 4) is 0 Å². The van der Waals surface area contributed by atoms with Gasteiger partial charge in [0.25, 0.3) is 0 Å². The fraction of sp³-hybridized carbons (Fsp3) is 0.200. The summed E-state index contributed by atoms with van der Waals surface area (Å²) in [6, 6.07) is 11.8. The largest absolute Gasteiger partial charge is 0.417 e. The Hall–Kier alpha value is -3.09. The zero-order chi connectivity index (χ0) is 19.3. The molecule has 0 radical (unpaired) electrons. The van der Waals surface area contributed by atoms with E-state index in [4.69, 9.17) is 0 Å². The van der Waals surface area contributed by atoms with Crippen LogP contribution in [0.1, 0.15) is 30.4 Å². The summed E-state index contributed by atoms with van der Waals surface area (Å²) in [6.07, 6.45) is 1.98. The lowest BCUT2D eigenvalue weighted by Crippen LogP contribution is -2.20. The van der Waals surface area contributed by atoms with E-state index in [2.05, 4.69) is 15.8 Å². The lowest BCUT2D eigenvalue weighted by Gasteiger charge is -2.17. The van der Waals surface area contributed by atoms with Crippen LogP contribution in [0.15, 0.2) is 66.0 Å². The molecule has 1 aromatic carbocycles. The van der Waals surface area contributed by atoms with Crippen molar-refractivity contribution in [2.75, 3.05) is 5.43 Å². The minimum Gasteiger partial charge on any atom is -0.307 e. The molecule has 1 aliphatic rings. The molecule has 0 bridgehead atoms. The van der Waals surface area contributed by atoms with Gasteiger partial charge in [-0.25, -0.2) is 4.98 Å². The number of halogens is 3. The van der Waals surface area contributed by atoms with Crippen molar-refractivity contribution in [3.05, 3.63) is 77.1 Å². The van der Waals surface area contributed by atoms with Gasteiger partial charge in [0.2, 0.25) is 0 Å². The first-order valence-corrected chi connectivity index (χ1v) is 8.47. The number of aromatic nitrogens is 1. The Morgan fingerprint density at radius 2 is 1.74 bits per heavy atom. The number of benzene rings is 1. The number of anilines is 1. The van der Waals surface area contributed by atoms with Crippen LogP contribution >= 0.6 is 0 Å². The van der Waals surface area contributed by atoms with Crippen molar-refractivity contribution in [3.63, 3.8) is 0 Å². The van der Waals surface area contributed by atoms with Crippen LogP contribution in [0.2, 0.25) is 0 Å². The number of hydrogen-bond donors (Lipinski definition) is 2. The lowest BCUT2D eigenvalue weighted by atomic mass is 9.88. The normalized spacial score (nSPS) is 18.0. The number of alkyl halides is 3. The third-order valence-electron chi connectivity index (χ3n) is 4.15. The van der Waals surface area contributed by atoms with E-state index in [0.29, 0.717) is 12.0 Å². The van der Waals surface area contributed by atoms with Crippen LogP contribution in [-0.2, 0) is 11.0 Å². The Morgan fingerprint density at radius 1 is 1.00 bits per heavy atom. The molecule has 27 heavy (non-hydrogen) atoms. The summed E-state index contributed by atoms with van der Waals surface area (Å²) in [5.41, 5.74) is 6.94. The Bertz CT molecular complexity index is 856. The predicted octanol–water partition coefficient (Wildman–Crippen LogP) is 4.74. The number of Topliss-reactive ketones (excluding diaryl/α,β-unsaturated/α-hetero) is 1. The molecular weight excluding hydrogens is 355 g/mol. The van der Waals surface area contributed by atoms with Gasteiger partial charge in [-0.3, -0.25) is 10.2 Å². The van der Waals surface area contributed by atoms with Crippen LogP contribution < -0.4 is 10.9 Å². The minimum atomic E-state index is -4.42. The summed E-state index contributed by atoms with van der Waals surface area (Å²) >= 11 is 0. The number of nitrogens with one attached hydrogen (secondary N) is 2. The standard InChI is InChI=1S/C20H18F3N3O/c21-20(22,23)17-9-10-18(24-13-17)26-25-12-16-8-4-7-15(19(16)27)11-14-5-2-1-3-6-14/h1-3,5-6,9-13,25H,4,7-8H2,(H,24,26)/b15-11+,16-12?. The Balaban J connectivity index is 1.63. The van der Waals surface area contributed by atoms with Gasteiger partial charge in [0.1, 0.15) is 5.82 Å². The van der Waals surface area contributed by atoms with Crippen molar-refractivity contribution >= 4 is 17.7 Å². The average molecular weight is 373 g/mol. The monoisotopic (exact) mass is 373 g/mol. The van der Waals surface area contributed by atoms with Gasteiger partial charge in [0.15, 0.2) is 5.78 Å². The minimum absolute atomic E-state index is 0.0280. The van der Waals surface area contributed by atoms with Crippen molar-refractivity contribution in [2.24, 2.45) is 0 Å². The van der Waals surface area contributed by atoms with Crippen LogP contribution in [0.3, 0.4) is 0 Å². The Labute approximate surface area is 154 Å². The van der Waals surface area contributed by atoms with Crippen molar-refractivity contribution in [2.45, 2.75) is 25.4 Å². The molecule has 3 rings (SSSR count). The second-order valence-electron chi connectivity index (χ2n) is 6.13. The van der Waals surface area contributed by atoms with Gasteiger partial charge in [0.05, 0.1) is 5.56 Å². The molecule has 140 valence electrons. The fourth-order valence-electron chi connectivity index (χ4n) is 2.76. The molecule has 1 saturated carbocycles. The smallest absolute Gasteiger partial charge is 0.307 e. The summed E-state index contributed by atoms with van der Waals surface area (Å²) in [5.74, 6) is 0.197. The van der Waals surface area contributed by atoms with Gasteiger partial charge in [-0.05, 0) is 43.0 Å². The summed E-state index contributed by atoms with van der Waals surface area (Å²) < 4.78 is 37.6. The molecule has 0 saturated heterocycles. The fourth-order valence-corrected chi connectivity index (χ4v) is 2.76. The first-order valence-electron chi connectivity index (χ1n) is 8.47. The molecule has 1 fully saturated rings. The third kappa shape index (κ3) is 4.97. The van der Waals surface area contributed by atoms with E-state index in [0.717, 1.165) is 36.2 Å². The van der Waals surface area contributed by atoms with E-state index < -0.39 is 11.7 Å². The van der Waals surface area contributed by atoms with E-state index in [1.54, 1.807) is 6.20 Å². The number of rotatable bonds is 4. The maximum absolute atomic E-state index is 12.6. The average Bonchev–Trinajstić information content (AvgIpc) is 2.65. The molecule has 1 heterocycles. The van der Waals surface area contributed by atoms with Gasteiger partial charge in [-0.1, -0.05) is 30.3 Å². The first-order chi connectivity index (χ1) is 12.9. The Morgan fingerprint density at radius 3 is 2.41 bits per heavy atom. The molecule has 1 aromatic heterocycles. The van der Waals surface area contributed by atoms with E-state index in [9.17, 15) is 18.0 Å². The maximum Gasteiger partial charge on any atom is 0.417 e. The van der Waals surface area contributed by atoms with Crippen molar-refractivity contribution in [1.29, 1.82) is 0 Å². The Kier molecular flexibility index (Phi) is 5.59. The molecule has 7 heteroatoms. The van der Waals surface area contributed by atoms with Crippen LogP contribution in [-0.4, -0.2) is 10.8 Å². The number of hydrazine groups is 1. The highest BCUT2D eigenvalue weighted by Crippen LogP contribution is 2.29. The second kappa shape index (κ2) is 8.07. The molecular formula is C20H18F3N3O. The van der Waals surface area contributed by atoms with E-state index >= 15 is 0 Å². The molecule has 0 amide bonds. The van der Waals surface area contributed by atoms with Crippen LogP contribution in [0.25, 0.3) is 6.08 Å². The van der Waals surface area contributed by atoms with Crippen LogP contribution in [0.4, 0.5) is 19.0 Å². The van der Waals surface area contributed by atoms with Gasteiger partial charge in [0, 0.05) is 23.5 Å². The molecule has 2 aromatic rings. The molecule has 4 nitrogen and oxygen atoms in total. The van der Waals surface area contributed by atoms with E-state index in [1.807, 2.05) is 36.4 Å². The highest BCUT2D eigenvalue weighted by atomic mass is 19.4. The van der Waals surface area contributed by atoms with Crippen molar-refractivity contribution < 1.29 is 18.0 Å². The highest BCUT2D eigenvalue weighted by molar-refractivity contribution is 6.11. The summed E-state index contributed by atoms with van der Waals surface area (Å²) in [4.78, 5) is 16.3. The van der Waals surface area contributed by atoms with Gasteiger partial charge in [-0.15, -0.1) is 0 Å². The van der Waals surface area contributed by atoms with Crippen molar-refractivity contribution in [1.82, 2.24) is 10.4 Å². The number of carbonyl (C=O) groups is 1. The number of pyridine rings is 1. The highest BCUT2D eigenvalue weighted by Gasteiger charge is 2.30. The number of ketones is 1. The predicted molar refractivity (Wildman–Crippen MR) is 97.4 cm³/mol. The van der Waals surface area contributed by atoms with Crippen LogP contribution in [0, 0.1) is 0 Å². The SMILES string of the molecule is O=C1C(=CNNc2ccc(C(F)(F)F)cn2)CCC/C1=C\c1ccccc1.